The summed E-state index contributed by atoms with van der Waals surface area (Å²) in [7, 11) is 1.85. The van der Waals surface area contributed by atoms with Crippen molar-refractivity contribution in [3.63, 3.8) is 0 Å². The van der Waals surface area contributed by atoms with Gasteiger partial charge in [0, 0.05) is 31.6 Å². The van der Waals surface area contributed by atoms with Crippen LogP contribution in [-0.2, 0) is 11.3 Å². The largest absolute Gasteiger partial charge is 0.361 e. The van der Waals surface area contributed by atoms with Crippen molar-refractivity contribution in [1.82, 2.24) is 15.4 Å². The Kier molecular flexibility index (Phi) is 5.27. The Balaban J connectivity index is 0.00000161. The van der Waals surface area contributed by atoms with E-state index in [1.54, 1.807) is 4.90 Å². The summed E-state index contributed by atoms with van der Waals surface area (Å²) >= 11 is 0. The first-order valence-electron chi connectivity index (χ1n) is 7.52. The van der Waals surface area contributed by atoms with Gasteiger partial charge in [-0.25, -0.2) is 0 Å². The normalized spacial score (nSPS) is 27.2. The number of nitrogens with one attached hydrogen (secondary N) is 1. The van der Waals surface area contributed by atoms with Crippen LogP contribution >= 0.6 is 12.4 Å². The first-order chi connectivity index (χ1) is 9.60. The quantitative estimate of drug-likeness (QED) is 0.926. The standard InChI is InChI=1S/C15H23N3O2.ClH/c1-10-5-14(17-20-10)9-18(2)15(19)8-11-6-12-3-4-13(7-11)16-12;/h5,11-13,16H,3-4,6-9H2,1-2H3;1H. The number of nitrogens with zero attached hydrogens (tertiary/aromatic N) is 2. The van der Waals surface area contributed by atoms with Gasteiger partial charge in [-0.3, -0.25) is 4.79 Å². The number of aryl methyl sites for hydroxylation is 1. The lowest BCUT2D eigenvalue weighted by molar-refractivity contribution is -0.131. The molecule has 2 saturated heterocycles. The number of hydrogen-bond donors (Lipinski definition) is 1. The van der Waals surface area contributed by atoms with Gasteiger partial charge in [-0.2, -0.15) is 0 Å². The lowest BCUT2D eigenvalue weighted by atomic mass is 9.89. The smallest absolute Gasteiger partial charge is 0.222 e. The summed E-state index contributed by atoms with van der Waals surface area (Å²) in [4.78, 5) is 14.1. The van der Waals surface area contributed by atoms with Crippen LogP contribution in [0.15, 0.2) is 10.6 Å². The van der Waals surface area contributed by atoms with Gasteiger partial charge in [-0.05, 0) is 38.5 Å². The molecule has 2 bridgehead atoms. The lowest BCUT2D eigenvalue weighted by Gasteiger charge is -2.29. The molecule has 3 heterocycles. The molecule has 2 aliphatic rings. The van der Waals surface area contributed by atoms with Gasteiger partial charge in [0.2, 0.25) is 5.91 Å². The Hall–Kier alpha value is -1.07. The maximum atomic E-state index is 12.3. The molecule has 0 aliphatic carbocycles. The Bertz CT molecular complexity index is 479. The molecule has 6 heteroatoms. The fraction of sp³-hybridized carbons (Fsp3) is 0.733. The average Bonchev–Trinajstić information content (AvgIpc) is 2.95. The molecular weight excluding hydrogens is 290 g/mol. The van der Waals surface area contributed by atoms with E-state index in [1.165, 1.54) is 12.8 Å². The second kappa shape index (κ2) is 6.79. The highest BCUT2D eigenvalue weighted by molar-refractivity contribution is 5.85. The van der Waals surface area contributed by atoms with Gasteiger partial charge in [0.25, 0.3) is 0 Å². The molecule has 0 radical (unpaired) electrons. The number of amides is 1. The minimum atomic E-state index is 0. The van der Waals surface area contributed by atoms with Crippen molar-refractivity contribution in [2.45, 2.75) is 57.7 Å². The molecular formula is C15H24ClN3O2. The third-order valence-electron chi connectivity index (χ3n) is 4.54. The second-order valence-corrected chi connectivity index (χ2v) is 6.36. The van der Waals surface area contributed by atoms with E-state index in [9.17, 15) is 4.79 Å². The Morgan fingerprint density at radius 2 is 2.10 bits per heavy atom. The predicted octanol–water partition coefficient (Wildman–Crippen LogP) is 2.28. The van der Waals surface area contributed by atoms with Crippen molar-refractivity contribution in [2.75, 3.05) is 7.05 Å². The Labute approximate surface area is 131 Å². The third kappa shape index (κ3) is 3.98. The summed E-state index contributed by atoms with van der Waals surface area (Å²) in [6.45, 7) is 2.40. The zero-order valence-electron chi connectivity index (χ0n) is 12.7. The highest BCUT2D eigenvalue weighted by atomic mass is 35.5. The molecule has 2 atom stereocenters. The van der Waals surface area contributed by atoms with Gasteiger partial charge in [0.1, 0.15) is 11.5 Å². The number of rotatable bonds is 4. The SMILES string of the molecule is Cc1cc(CN(C)C(=O)CC2CC3CCC(C2)N3)no1.Cl. The van der Waals surface area contributed by atoms with Gasteiger partial charge in [0.15, 0.2) is 0 Å². The molecule has 3 rings (SSSR count). The number of aromatic nitrogens is 1. The van der Waals surface area contributed by atoms with E-state index in [4.69, 9.17) is 4.52 Å². The van der Waals surface area contributed by atoms with Gasteiger partial charge < -0.3 is 14.7 Å². The number of carbonyl (C=O) groups is 1. The van der Waals surface area contributed by atoms with E-state index in [-0.39, 0.29) is 18.3 Å². The van der Waals surface area contributed by atoms with Crippen molar-refractivity contribution < 1.29 is 9.32 Å². The summed E-state index contributed by atoms with van der Waals surface area (Å²) in [6.07, 6.45) is 5.53. The van der Waals surface area contributed by atoms with Crippen LogP contribution in [0.3, 0.4) is 0 Å². The zero-order chi connectivity index (χ0) is 14.1. The molecule has 2 unspecified atom stereocenters. The summed E-state index contributed by atoms with van der Waals surface area (Å²) in [6, 6.07) is 3.18. The van der Waals surface area contributed by atoms with E-state index in [2.05, 4.69) is 10.5 Å². The molecule has 1 aromatic rings. The first kappa shape index (κ1) is 16.3. The van der Waals surface area contributed by atoms with Crippen molar-refractivity contribution in [3.05, 3.63) is 17.5 Å². The maximum Gasteiger partial charge on any atom is 0.222 e. The highest BCUT2D eigenvalue weighted by Gasteiger charge is 2.34. The Morgan fingerprint density at radius 1 is 1.43 bits per heavy atom. The van der Waals surface area contributed by atoms with Crippen LogP contribution in [0, 0.1) is 12.8 Å². The molecule has 2 aliphatic heterocycles. The number of hydrogen-bond acceptors (Lipinski definition) is 4. The van der Waals surface area contributed by atoms with Crippen LogP contribution in [0.2, 0.25) is 0 Å². The highest BCUT2D eigenvalue weighted by Crippen LogP contribution is 2.32. The second-order valence-electron chi connectivity index (χ2n) is 6.36. The van der Waals surface area contributed by atoms with E-state index in [0.29, 0.717) is 31.0 Å². The monoisotopic (exact) mass is 313 g/mol. The number of carbonyl (C=O) groups excluding carboxylic acids is 1. The lowest BCUT2D eigenvalue weighted by Crippen LogP contribution is -2.39. The summed E-state index contributed by atoms with van der Waals surface area (Å²) in [5.74, 6) is 1.55. The molecule has 1 N–H and O–H groups in total. The number of fused-ring (bicyclic) bond motifs is 2. The minimum Gasteiger partial charge on any atom is -0.361 e. The summed E-state index contributed by atoms with van der Waals surface area (Å²) in [5.41, 5.74) is 0.823. The molecule has 2 fully saturated rings. The number of halogens is 1. The molecule has 0 spiro atoms. The van der Waals surface area contributed by atoms with Gasteiger partial charge in [-0.1, -0.05) is 5.16 Å². The van der Waals surface area contributed by atoms with Crippen LogP contribution in [-0.4, -0.2) is 35.1 Å². The Morgan fingerprint density at radius 3 is 2.67 bits per heavy atom. The average molecular weight is 314 g/mol. The van der Waals surface area contributed by atoms with E-state index in [1.807, 2.05) is 20.0 Å². The molecule has 118 valence electrons. The topological polar surface area (TPSA) is 58.4 Å². The molecule has 0 saturated carbocycles. The summed E-state index contributed by atoms with van der Waals surface area (Å²) < 4.78 is 5.04. The fourth-order valence-electron chi connectivity index (χ4n) is 3.57. The fourth-order valence-corrected chi connectivity index (χ4v) is 3.57. The van der Waals surface area contributed by atoms with Crippen LogP contribution in [0.5, 0.6) is 0 Å². The van der Waals surface area contributed by atoms with E-state index >= 15 is 0 Å². The molecule has 0 aromatic carbocycles. The maximum absolute atomic E-state index is 12.3. The van der Waals surface area contributed by atoms with Crippen LogP contribution < -0.4 is 5.32 Å². The van der Waals surface area contributed by atoms with Crippen LogP contribution in [0.25, 0.3) is 0 Å². The zero-order valence-corrected chi connectivity index (χ0v) is 13.5. The van der Waals surface area contributed by atoms with Crippen molar-refractivity contribution in [3.8, 4) is 0 Å². The van der Waals surface area contributed by atoms with E-state index < -0.39 is 0 Å². The predicted molar refractivity (Wildman–Crippen MR) is 82.2 cm³/mol. The molecule has 21 heavy (non-hydrogen) atoms. The van der Waals surface area contributed by atoms with Crippen molar-refractivity contribution in [2.24, 2.45) is 5.92 Å². The van der Waals surface area contributed by atoms with Gasteiger partial charge >= 0.3 is 0 Å². The third-order valence-corrected chi connectivity index (χ3v) is 4.54. The molecule has 1 amide bonds. The first-order valence-corrected chi connectivity index (χ1v) is 7.52. The summed E-state index contributed by atoms with van der Waals surface area (Å²) in [5, 5.41) is 7.56. The number of piperidine rings is 1. The van der Waals surface area contributed by atoms with Gasteiger partial charge in [-0.15, -0.1) is 12.4 Å². The minimum absolute atomic E-state index is 0. The van der Waals surface area contributed by atoms with Crippen molar-refractivity contribution >= 4 is 18.3 Å². The molecule has 5 nitrogen and oxygen atoms in total. The van der Waals surface area contributed by atoms with Crippen molar-refractivity contribution in [1.29, 1.82) is 0 Å². The molecule has 1 aromatic heterocycles. The van der Waals surface area contributed by atoms with Gasteiger partial charge in [0.05, 0.1) is 6.54 Å². The van der Waals surface area contributed by atoms with Crippen LogP contribution in [0.1, 0.15) is 43.6 Å². The van der Waals surface area contributed by atoms with E-state index in [0.717, 1.165) is 24.3 Å². The van der Waals surface area contributed by atoms with Crippen LogP contribution in [0.4, 0.5) is 0 Å².